The molecule has 18 heavy (non-hydrogen) atoms. The van der Waals surface area contributed by atoms with Gasteiger partial charge in [0, 0.05) is 21.9 Å². The van der Waals surface area contributed by atoms with E-state index in [1.165, 1.54) is 17.4 Å². The molecule has 96 valence electrons. The number of thiophene rings is 1. The Kier molecular flexibility index (Phi) is 4.78. The van der Waals surface area contributed by atoms with Gasteiger partial charge >= 0.3 is 0 Å². The molecule has 0 aliphatic heterocycles. The molecule has 2 rings (SSSR count). The van der Waals surface area contributed by atoms with Crippen molar-refractivity contribution < 1.29 is 4.39 Å². The van der Waals surface area contributed by atoms with Crippen molar-refractivity contribution in [2.24, 2.45) is 0 Å². The highest BCUT2D eigenvalue weighted by molar-refractivity contribution is 9.10. The summed E-state index contributed by atoms with van der Waals surface area (Å²) in [5.74, 6) is -0.205. The normalized spacial score (nSPS) is 12.7. The lowest BCUT2D eigenvalue weighted by Crippen LogP contribution is -2.17. The molecule has 2 aromatic rings. The molecule has 0 aliphatic rings. The molecule has 1 aromatic heterocycles. The number of benzene rings is 1. The van der Waals surface area contributed by atoms with Gasteiger partial charge in [-0.15, -0.1) is 11.3 Å². The fourth-order valence-electron chi connectivity index (χ4n) is 1.63. The Balaban J connectivity index is 1.98. The van der Waals surface area contributed by atoms with E-state index < -0.39 is 0 Å². The van der Waals surface area contributed by atoms with Gasteiger partial charge in [-0.25, -0.2) is 4.39 Å². The van der Waals surface area contributed by atoms with Gasteiger partial charge in [0.05, 0.1) is 0 Å². The summed E-state index contributed by atoms with van der Waals surface area (Å²) in [4.78, 5) is 1.15. The third-order valence-electron chi connectivity index (χ3n) is 2.63. The number of rotatable bonds is 4. The second kappa shape index (κ2) is 6.15. The summed E-state index contributed by atoms with van der Waals surface area (Å²) in [7, 11) is 0. The zero-order valence-electron chi connectivity index (χ0n) is 9.71. The van der Waals surface area contributed by atoms with Crippen LogP contribution in [0, 0.1) is 5.82 Å². The Bertz CT molecular complexity index is 524. The van der Waals surface area contributed by atoms with Gasteiger partial charge in [-0.1, -0.05) is 23.7 Å². The maximum absolute atomic E-state index is 13.1. The first kappa shape index (κ1) is 14.0. The van der Waals surface area contributed by atoms with Crippen molar-refractivity contribution >= 4 is 38.9 Å². The lowest BCUT2D eigenvalue weighted by atomic mass is 10.1. The molecule has 1 atom stereocenters. The molecule has 0 spiro atoms. The minimum Gasteiger partial charge on any atom is -0.305 e. The molecule has 0 saturated carbocycles. The van der Waals surface area contributed by atoms with Crippen LogP contribution in [-0.2, 0) is 6.54 Å². The number of hydrogen-bond acceptors (Lipinski definition) is 2. The topological polar surface area (TPSA) is 12.0 Å². The molecule has 0 bridgehead atoms. The third-order valence-corrected chi connectivity index (χ3v) is 5.10. The van der Waals surface area contributed by atoms with Gasteiger partial charge in [0.2, 0.25) is 0 Å². The van der Waals surface area contributed by atoms with Crippen LogP contribution in [0.2, 0.25) is 4.34 Å². The van der Waals surface area contributed by atoms with Crippen molar-refractivity contribution in [3.63, 3.8) is 0 Å². The first-order chi connectivity index (χ1) is 8.56. The van der Waals surface area contributed by atoms with Crippen LogP contribution in [0.4, 0.5) is 4.39 Å². The number of halogens is 3. The van der Waals surface area contributed by atoms with Gasteiger partial charge in [-0.3, -0.25) is 0 Å². The Hall–Kier alpha value is -0.420. The largest absolute Gasteiger partial charge is 0.305 e. The van der Waals surface area contributed by atoms with E-state index in [-0.39, 0.29) is 11.9 Å². The maximum atomic E-state index is 13.1. The quantitative estimate of drug-likeness (QED) is 0.805. The minimum atomic E-state index is -0.205. The Morgan fingerprint density at radius 1 is 1.44 bits per heavy atom. The first-order valence-electron chi connectivity index (χ1n) is 5.49. The highest BCUT2D eigenvalue weighted by Crippen LogP contribution is 2.32. The molecule has 1 aromatic carbocycles. The molecule has 0 amide bonds. The van der Waals surface area contributed by atoms with Crippen LogP contribution in [0.15, 0.2) is 34.8 Å². The highest BCUT2D eigenvalue weighted by atomic mass is 79.9. The summed E-state index contributed by atoms with van der Waals surface area (Å²) in [6.45, 7) is 2.73. The van der Waals surface area contributed by atoms with E-state index in [0.29, 0.717) is 6.54 Å². The van der Waals surface area contributed by atoms with Gasteiger partial charge < -0.3 is 5.32 Å². The highest BCUT2D eigenvalue weighted by Gasteiger charge is 2.08. The SMILES string of the molecule is C[C@@H](NCc1cc(Br)c(Cl)s1)c1cccc(F)c1. The monoisotopic (exact) mass is 347 g/mol. The Morgan fingerprint density at radius 2 is 2.22 bits per heavy atom. The van der Waals surface area contributed by atoms with Gasteiger partial charge in [-0.05, 0) is 46.6 Å². The van der Waals surface area contributed by atoms with Crippen molar-refractivity contribution in [3.05, 3.63) is 55.4 Å². The summed E-state index contributed by atoms with van der Waals surface area (Å²) < 4.78 is 14.8. The van der Waals surface area contributed by atoms with Gasteiger partial charge in [0.25, 0.3) is 0 Å². The van der Waals surface area contributed by atoms with Crippen LogP contribution in [-0.4, -0.2) is 0 Å². The van der Waals surface area contributed by atoms with E-state index in [1.807, 2.05) is 19.1 Å². The van der Waals surface area contributed by atoms with Crippen LogP contribution in [0.3, 0.4) is 0 Å². The summed E-state index contributed by atoms with van der Waals surface area (Å²) in [6.07, 6.45) is 0. The predicted molar refractivity (Wildman–Crippen MR) is 78.7 cm³/mol. The summed E-state index contributed by atoms with van der Waals surface area (Å²) in [5.41, 5.74) is 0.941. The van der Waals surface area contributed by atoms with Gasteiger partial charge in [0.15, 0.2) is 0 Å². The van der Waals surface area contributed by atoms with E-state index >= 15 is 0 Å². The van der Waals surface area contributed by atoms with Crippen LogP contribution >= 0.6 is 38.9 Å². The van der Waals surface area contributed by atoms with Crippen LogP contribution in [0.1, 0.15) is 23.4 Å². The first-order valence-corrected chi connectivity index (χ1v) is 7.47. The lowest BCUT2D eigenvalue weighted by molar-refractivity contribution is 0.568. The van der Waals surface area contributed by atoms with Crippen molar-refractivity contribution in [2.75, 3.05) is 0 Å². The van der Waals surface area contributed by atoms with Gasteiger partial charge in [0.1, 0.15) is 10.2 Å². The lowest BCUT2D eigenvalue weighted by Gasteiger charge is -2.13. The second-order valence-corrected chi connectivity index (χ2v) is 6.59. The van der Waals surface area contributed by atoms with E-state index in [2.05, 4.69) is 21.2 Å². The molecule has 0 unspecified atom stereocenters. The fourth-order valence-corrected chi connectivity index (χ4v) is 3.37. The van der Waals surface area contributed by atoms with Crippen LogP contribution < -0.4 is 5.32 Å². The molecule has 0 fully saturated rings. The minimum absolute atomic E-state index is 0.0975. The predicted octanol–water partition coefficient (Wildman–Crippen LogP) is 5.15. The molecule has 1 nitrogen and oxygen atoms in total. The summed E-state index contributed by atoms with van der Waals surface area (Å²) >= 11 is 10.9. The fraction of sp³-hybridized carbons (Fsp3) is 0.231. The average molecular weight is 349 g/mol. The van der Waals surface area contributed by atoms with Crippen molar-refractivity contribution in [1.29, 1.82) is 0 Å². The second-order valence-electron chi connectivity index (χ2n) is 3.99. The van der Waals surface area contributed by atoms with E-state index in [4.69, 9.17) is 11.6 Å². The average Bonchev–Trinajstić information content (AvgIpc) is 2.66. The van der Waals surface area contributed by atoms with Crippen molar-refractivity contribution in [2.45, 2.75) is 19.5 Å². The number of hydrogen-bond donors (Lipinski definition) is 1. The molecular weight excluding hydrogens is 337 g/mol. The van der Waals surface area contributed by atoms with E-state index in [0.717, 1.165) is 19.2 Å². The third kappa shape index (κ3) is 3.54. The molecule has 0 saturated heterocycles. The maximum Gasteiger partial charge on any atom is 0.123 e. The van der Waals surface area contributed by atoms with Crippen LogP contribution in [0.25, 0.3) is 0 Å². The van der Waals surface area contributed by atoms with Crippen molar-refractivity contribution in [3.8, 4) is 0 Å². The summed E-state index contributed by atoms with van der Waals surface area (Å²) in [6, 6.07) is 8.74. The molecule has 1 N–H and O–H groups in total. The van der Waals surface area contributed by atoms with Gasteiger partial charge in [-0.2, -0.15) is 0 Å². The Labute approximate surface area is 123 Å². The molecule has 5 heteroatoms. The molecular formula is C13H12BrClFNS. The van der Waals surface area contributed by atoms with Crippen molar-refractivity contribution in [1.82, 2.24) is 5.32 Å². The molecule has 0 aliphatic carbocycles. The zero-order chi connectivity index (χ0) is 13.1. The van der Waals surface area contributed by atoms with Crippen LogP contribution in [0.5, 0.6) is 0 Å². The smallest absolute Gasteiger partial charge is 0.123 e. The molecule has 0 radical (unpaired) electrons. The summed E-state index contributed by atoms with van der Waals surface area (Å²) in [5, 5.41) is 3.35. The Morgan fingerprint density at radius 3 is 2.83 bits per heavy atom. The standard InChI is InChI=1S/C13H12BrClFNS/c1-8(9-3-2-4-10(16)5-9)17-7-11-6-12(14)13(15)18-11/h2-6,8,17H,7H2,1H3/t8-/m1/s1. The zero-order valence-corrected chi connectivity index (χ0v) is 12.9. The number of nitrogens with one attached hydrogen (secondary N) is 1. The van der Waals surface area contributed by atoms with E-state index in [9.17, 15) is 4.39 Å². The van der Waals surface area contributed by atoms with E-state index in [1.54, 1.807) is 12.1 Å². The molecule has 1 heterocycles.